The Balaban J connectivity index is 1.57. The average molecular weight is 412 g/mol. The van der Waals surface area contributed by atoms with Crippen molar-refractivity contribution in [2.24, 2.45) is 11.5 Å². The Kier molecular flexibility index (Phi) is 6.87. The third-order valence-corrected chi connectivity index (χ3v) is 4.70. The average Bonchev–Trinajstić information content (AvgIpc) is 3.18. The second-order valence-electron chi connectivity index (χ2n) is 6.88. The molecule has 2 aromatic rings. The van der Waals surface area contributed by atoms with Gasteiger partial charge in [0.05, 0.1) is 6.54 Å². The molecule has 1 fully saturated rings. The molecule has 0 bridgehead atoms. The molecule has 2 atom stereocenters. The Bertz CT molecular complexity index is 888. The number of urea groups is 1. The third-order valence-electron chi connectivity index (χ3n) is 4.70. The van der Waals surface area contributed by atoms with Crippen molar-refractivity contribution < 1.29 is 23.9 Å². The summed E-state index contributed by atoms with van der Waals surface area (Å²) in [7, 11) is 0. The molecule has 2 aromatic carbocycles. The smallest absolute Gasteiger partial charge is 0.334 e. The van der Waals surface area contributed by atoms with Crippen LogP contribution in [0.4, 0.5) is 4.79 Å². The zero-order chi connectivity index (χ0) is 21.5. The molecule has 0 spiro atoms. The molecule has 0 aliphatic carbocycles. The molecule has 1 aliphatic heterocycles. The fraction of sp³-hybridized carbons (Fsp3) is 0.286. The molecule has 3 rings (SSSR count). The lowest BCUT2D eigenvalue weighted by Gasteiger charge is -2.20. The minimum Gasteiger partial charge on any atom is -0.489 e. The summed E-state index contributed by atoms with van der Waals surface area (Å²) in [4.78, 5) is 36.9. The van der Waals surface area contributed by atoms with Crippen molar-refractivity contribution in [3.63, 3.8) is 0 Å². The number of hydrogen-bond donors (Lipinski definition) is 3. The summed E-state index contributed by atoms with van der Waals surface area (Å²) in [6.45, 7) is 0.361. The first-order valence-electron chi connectivity index (χ1n) is 9.50. The topological polar surface area (TPSA) is 137 Å². The number of likely N-dealkylation sites (tertiary alicyclic amines) is 1. The molecule has 1 heterocycles. The maximum atomic E-state index is 12.6. The summed E-state index contributed by atoms with van der Waals surface area (Å²) in [6, 6.07) is 14.3. The van der Waals surface area contributed by atoms with Crippen LogP contribution in [0.5, 0.6) is 11.5 Å². The van der Waals surface area contributed by atoms with Gasteiger partial charge in [-0.1, -0.05) is 30.3 Å². The fourth-order valence-electron chi connectivity index (χ4n) is 3.22. The number of hydrogen-bond acceptors (Lipinski definition) is 6. The van der Waals surface area contributed by atoms with Crippen LogP contribution in [0, 0.1) is 0 Å². The Morgan fingerprint density at radius 3 is 2.33 bits per heavy atom. The fourth-order valence-corrected chi connectivity index (χ4v) is 3.22. The molecule has 0 saturated carbocycles. The lowest BCUT2D eigenvalue weighted by Crippen LogP contribution is -2.45. The number of benzene rings is 2. The van der Waals surface area contributed by atoms with E-state index in [2.05, 4.69) is 5.32 Å². The summed E-state index contributed by atoms with van der Waals surface area (Å²) < 4.78 is 11.1. The van der Waals surface area contributed by atoms with Gasteiger partial charge >= 0.3 is 12.0 Å². The molecular weight excluding hydrogens is 388 g/mol. The Hall–Kier alpha value is -3.59. The maximum absolute atomic E-state index is 12.6. The Morgan fingerprint density at radius 1 is 1.03 bits per heavy atom. The number of esters is 1. The summed E-state index contributed by atoms with van der Waals surface area (Å²) >= 11 is 0. The highest BCUT2D eigenvalue weighted by Gasteiger charge is 2.40. The van der Waals surface area contributed by atoms with E-state index >= 15 is 0 Å². The molecule has 0 radical (unpaired) electrons. The van der Waals surface area contributed by atoms with Gasteiger partial charge in [-0.25, -0.2) is 9.59 Å². The first-order chi connectivity index (χ1) is 14.5. The van der Waals surface area contributed by atoms with Crippen LogP contribution < -0.4 is 26.3 Å². The van der Waals surface area contributed by atoms with Crippen LogP contribution in [0.3, 0.4) is 0 Å². The lowest BCUT2D eigenvalue weighted by molar-refractivity contribution is -0.138. The molecule has 0 aromatic heterocycles. The summed E-state index contributed by atoms with van der Waals surface area (Å²) in [5, 5.41) is 2.66. The molecule has 1 aliphatic rings. The lowest BCUT2D eigenvalue weighted by atomic mass is 10.1. The van der Waals surface area contributed by atoms with Gasteiger partial charge < -0.3 is 31.2 Å². The molecule has 3 amide bonds. The molecular formula is C21H24N4O5. The number of carbonyl (C=O) groups excluding carboxylic acids is 3. The normalized spacial score (nSPS) is 18.0. The van der Waals surface area contributed by atoms with Crippen molar-refractivity contribution in [1.29, 1.82) is 0 Å². The maximum Gasteiger partial charge on any atom is 0.334 e. The quantitative estimate of drug-likeness (QED) is 0.454. The van der Waals surface area contributed by atoms with Crippen LogP contribution in [-0.2, 0) is 16.2 Å². The van der Waals surface area contributed by atoms with Gasteiger partial charge in [0.2, 0.25) is 5.91 Å². The number of amides is 3. The largest absolute Gasteiger partial charge is 0.489 e. The minimum absolute atomic E-state index is 0.118. The molecule has 30 heavy (non-hydrogen) atoms. The van der Waals surface area contributed by atoms with Gasteiger partial charge in [-0.15, -0.1) is 0 Å². The highest BCUT2D eigenvalue weighted by molar-refractivity contribution is 5.85. The first kappa shape index (κ1) is 21.1. The van der Waals surface area contributed by atoms with Gasteiger partial charge in [-0.2, -0.15) is 0 Å². The number of nitrogens with zero attached hydrogens (tertiary/aromatic N) is 1. The molecule has 9 nitrogen and oxygen atoms in total. The minimum atomic E-state index is -0.889. The number of nitrogens with one attached hydrogen (secondary N) is 1. The molecule has 9 heteroatoms. The van der Waals surface area contributed by atoms with E-state index in [-0.39, 0.29) is 25.4 Å². The Labute approximate surface area is 173 Å². The molecule has 1 saturated heterocycles. The second-order valence-corrected chi connectivity index (χ2v) is 6.88. The van der Waals surface area contributed by atoms with Gasteiger partial charge in [0.1, 0.15) is 24.1 Å². The van der Waals surface area contributed by atoms with Gasteiger partial charge in [0, 0.05) is 19.0 Å². The van der Waals surface area contributed by atoms with E-state index in [1.807, 2.05) is 30.3 Å². The zero-order valence-corrected chi connectivity index (χ0v) is 16.3. The van der Waals surface area contributed by atoms with Crippen molar-refractivity contribution in [2.45, 2.75) is 25.1 Å². The summed E-state index contributed by atoms with van der Waals surface area (Å²) in [5.41, 5.74) is 11.7. The van der Waals surface area contributed by atoms with Gasteiger partial charge in [0.15, 0.2) is 0 Å². The predicted octanol–water partition coefficient (Wildman–Crippen LogP) is 0.767. The molecule has 1 unspecified atom stereocenters. The number of carbonyl (C=O) groups is 3. The van der Waals surface area contributed by atoms with Gasteiger partial charge in [-0.3, -0.25) is 4.79 Å². The van der Waals surface area contributed by atoms with Crippen LogP contribution >= 0.6 is 0 Å². The van der Waals surface area contributed by atoms with E-state index in [1.165, 1.54) is 4.90 Å². The van der Waals surface area contributed by atoms with Crippen LogP contribution in [-0.4, -0.2) is 48.0 Å². The molecule has 158 valence electrons. The monoisotopic (exact) mass is 412 g/mol. The number of rotatable bonds is 7. The first-order valence-corrected chi connectivity index (χ1v) is 9.50. The van der Waals surface area contributed by atoms with Crippen LogP contribution in [0.25, 0.3) is 0 Å². The zero-order valence-electron chi connectivity index (χ0n) is 16.3. The van der Waals surface area contributed by atoms with Crippen LogP contribution in [0.2, 0.25) is 0 Å². The van der Waals surface area contributed by atoms with Gasteiger partial charge in [-0.05, 0) is 29.8 Å². The van der Waals surface area contributed by atoms with E-state index in [4.69, 9.17) is 20.9 Å². The van der Waals surface area contributed by atoms with Crippen LogP contribution in [0.1, 0.15) is 12.0 Å². The van der Waals surface area contributed by atoms with Crippen LogP contribution in [0.15, 0.2) is 54.6 Å². The van der Waals surface area contributed by atoms with Crippen molar-refractivity contribution in [3.05, 3.63) is 60.2 Å². The highest BCUT2D eigenvalue weighted by atomic mass is 16.5. The number of ether oxygens (including phenoxy) is 2. The summed E-state index contributed by atoms with van der Waals surface area (Å²) in [6.07, 6.45) is 0.200. The number of nitrogens with two attached hydrogens (primary N) is 2. The van der Waals surface area contributed by atoms with E-state index < -0.39 is 24.1 Å². The van der Waals surface area contributed by atoms with E-state index in [1.54, 1.807) is 24.3 Å². The molecule has 5 N–H and O–H groups in total. The Morgan fingerprint density at radius 2 is 1.70 bits per heavy atom. The van der Waals surface area contributed by atoms with Crippen molar-refractivity contribution in [3.8, 4) is 11.5 Å². The van der Waals surface area contributed by atoms with E-state index in [0.29, 0.717) is 18.1 Å². The van der Waals surface area contributed by atoms with E-state index in [0.717, 1.165) is 5.56 Å². The summed E-state index contributed by atoms with van der Waals surface area (Å²) in [5.74, 6) is -0.0606. The van der Waals surface area contributed by atoms with Gasteiger partial charge in [0.25, 0.3) is 0 Å². The third kappa shape index (κ3) is 5.48. The number of primary amides is 1. The second kappa shape index (κ2) is 9.75. The standard InChI is InChI=1S/C21H24N4O5/c22-11-19(26)24-15-10-18(25(12-15)21(23)28)20(27)30-17-8-6-16(7-9-17)29-13-14-4-2-1-3-5-14/h1-9,15,18H,10-13,22H2,(H2,23,28)(H,24,26)/t15?,18-/m0/s1. The van der Waals surface area contributed by atoms with Crippen molar-refractivity contribution >= 4 is 17.9 Å². The SMILES string of the molecule is NCC(=O)NC1C[C@@H](C(=O)Oc2ccc(OCc3ccccc3)cc2)N(C(N)=O)C1. The predicted molar refractivity (Wildman–Crippen MR) is 109 cm³/mol. The van der Waals surface area contributed by atoms with Crippen molar-refractivity contribution in [1.82, 2.24) is 10.2 Å². The van der Waals surface area contributed by atoms with E-state index in [9.17, 15) is 14.4 Å². The van der Waals surface area contributed by atoms with Crippen molar-refractivity contribution in [2.75, 3.05) is 13.1 Å². The highest BCUT2D eigenvalue weighted by Crippen LogP contribution is 2.23.